The van der Waals surface area contributed by atoms with Gasteiger partial charge in [0.2, 0.25) is 5.91 Å². The molecule has 0 aliphatic heterocycles. The predicted molar refractivity (Wildman–Crippen MR) is 114 cm³/mol. The van der Waals surface area contributed by atoms with E-state index < -0.39 is 21.5 Å². The third-order valence-electron chi connectivity index (χ3n) is 4.72. The van der Waals surface area contributed by atoms with Gasteiger partial charge >= 0.3 is 0 Å². The Morgan fingerprint density at radius 1 is 1.10 bits per heavy atom. The summed E-state index contributed by atoms with van der Waals surface area (Å²) in [5, 5.41) is 16.0. The highest BCUT2D eigenvalue weighted by Crippen LogP contribution is 2.17. The van der Waals surface area contributed by atoms with Gasteiger partial charge in [-0.3, -0.25) is 4.79 Å². The smallest absolute Gasteiger partial charge is 0.235 e. The van der Waals surface area contributed by atoms with E-state index in [1.54, 1.807) is 28.9 Å². The van der Waals surface area contributed by atoms with Crippen molar-refractivity contribution in [3.63, 3.8) is 0 Å². The van der Waals surface area contributed by atoms with E-state index in [2.05, 4.69) is 10.4 Å². The number of nitriles is 1. The first-order valence-electron chi connectivity index (χ1n) is 9.36. The fourth-order valence-electron chi connectivity index (χ4n) is 3.17. The number of aryl methyl sites for hydroxylation is 1. The molecule has 1 N–H and O–H groups in total. The van der Waals surface area contributed by atoms with Crippen LogP contribution in [-0.2, 0) is 26.9 Å². The molecule has 0 unspecified atom stereocenters. The number of nitrogens with one attached hydrogen (secondary N) is 1. The highest BCUT2D eigenvalue weighted by atomic mass is 32.2. The Bertz CT molecular complexity index is 1190. The van der Waals surface area contributed by atoms with Crippen LogP contribution in [0.5, 0.6) is 0 Å². The Kier molecular flexibility index (Phi) is 6.33. The molecule has 1 aromatic heterocycles. The number of hydrogen-bond acceptors (Lipinski definition) is 5. The third-order valence-corrected chi connectivity index (χ3v) is 6.20. The summed E-state index contributed by atoms with van der Waals surface area (Å²) in [7, 11) is -3.63. The van der Waals surface area contributed by atoms with Crippen molar-refractivity contribution in [3.8, 4) is 11.8 Å². The van der Waals surface area contributed by atoms with E-state index in [4.69, 9.17) is 5.26 Å². The van der Waals surface area contributed by atoms with E-state index in [0.29, 0.717) is 11.1 Å². The Balaban J connectivity index is 1.63. The van der Waals surface area contributed by atoms with Gasteiger partial charge in [0.25, 0.3) is 0 Å². The second-order valence-electron chi connectivity index (χ2n) is 7.01. The van der Waals surface area contributed by atoms with Crippen molar-refractivity contribution in [2.75, 3.05) is 5.75 Å². The number of amides is 1. The topological polar surface area (TPSA) is 105 Å². The number of hydrogen-bond donors (Lipinski definition) is 1. The Labute approximate surface area is 175 Å². The highest BCUT2D eigenvalue weighted by Gasteiger charge is 2.19. The number of nitrogens with zero attached hydrogens (tertiary/aromatic N) is 3. The number of benzene rings is 2. The van der Waals surface area contributed by atoms with E-state index in [1.165, 1.54) is 0 Å². The van der Waals surface area contributed by atoms with Crippen molar-refractivity contribution >= 4 is 15.7 Å². The number of sulfone groups is 1. The van der Waals surface area contributed by atoms with Gasteiger partial charge in [-0.15, -0.1) is 0 Å². The van der Waals surface area contributed by atoms with Gasteiger partial charge in [-0.25, -0.2) is 13.1 Å². The zero-order valence-electron chi connectivity index (χ0n) is 16.8. The molecule has 8 heteroatoms. The minimum absolute atomic E-state index is 0.204. The molecule has 0 radical (unpaired) electrons. The van der Waals surface area contributed by atoms with Crippen LogP contribution in [0.3, 0.4) is 0 Å². The fraction of sp³-hybridized carbons (Fsp3) is 0.227. The first kappa shape index (κ1) is 21.3. The first-order chi connectivity index (χ1) is 14.3. The summed E-state index contributed by atoms with van der Waals surface area (Å²) in [6.45, 7) is 3.97. The third kappa shape index (κ3) is 5.13. The number of aromatic nitrogens is 2. The van der Waals surface area contributed by atoms with Crippen LogP contribution < -0.4 is 5.32 Å². The van der Waals surface area contributed by atoms with Gasteiger partial charge in [-0.2, -0.15) is 10.4 Å². The lowest BCUT2D eigenvalue weighted by Gasteiger charge is -2.08. The lowest BCUT2D eigenvalue weighted by atomic mass is 10.2. The molecule has 0 saturated carbocycles. The zero-order chi connectivity index (χ0) is 21.7. The molecule has 0 atom stereocenters. The largest absolute Gasteiger partial charge is 0.351 e. The van der Waals surface area contributed by atoms with Gasteiger partial charge in [-0.05, 0) is 43.7 Å². The number of carbonyl (C=O) groups is 1. The summed E-state index contributed by atoms with van der Waals surface area (Å²) in [6, 6.07) is 17.9. The standard InChI is InChI=1S/C22H22N4O3S/c1-16-21(17(2)26(25-16)20-6-4-3-5-7-20)13-24-22(27)15-30(28,29)14-19-10-8-18(12-23)9-11-19/h3-11H,13-15H2,1-2H3,(H,24,27). The quantitative estimate of drug-likeness (QED) is 0.630. The van der Waals surface area contributed by atoms with Crippen molar-refractivity contribution in [2.45, 2.75) is 26.1 Å². The average molecular weight is 423 g/mol. The monoisotopic (exact) mass is 422 g/mol. The number of rotatable bonds is 7. The minimum atomic E-state index is -3.63. The Morgan fingerprint density at radius 2 is 1.77 bits per heavy atom. The number of para-hydroxylation sites is 1. The lowest BCUT2D eigenvalue weighted by Crippen LogP contribution is -2.30. The van der Waals surface area contributed by atoms with Crippen LogP contribution in [0.2, 0.25) is 0 Å². The normalized spacial score (nSPS) is 11.1. The predicted octanol–water partition coefficient (Wildman–Crippen LogP) is 2.59. The average Bonchev–Trinajstić information content (AvgIpc) is 3.00. The van der Waals surface area contributed by atoms with E-state index in [-0.39, 0.29) is 12.3 Å². The van der Waals surface area contributed by atoms with Crippen LogP contribution in [0.4, 0.5) is 0 Å². The van der Waals surface area contributed by atoms with Crippen LogP contribution in [-0.4, -0.2) is 29.9 Å². The number of carbonyl (C=O) groups excluding carboxylic acids is 1. The second-order valence-corrected chi connectivity index (χ2v) is 9.08. The van der Waals surface area contributed by atoms with Gasteiger partial charge in [0, 0.05) is 17.8 Å². The minimum Gasteiger partial charge on any atom is -0.351 e. The zero-order valence-corrected chi connectivity index (χ0v) is 17.6. The molecule has 7 nitrogen and oxygen atoms in total. The molecule has 1 heterocycles. The maximum Gasteiger partial charge on any atom is 0.235 e. The summed E-state index contributed by atoms with van der Waals surface area (Å²) in [6.07, 6.45) is 0. The van der Waals surface area contributed by atoms with E-state index in [0.717, 1.165) is 22.6 Å². The SMILES string of the molecule is Cc1nn(-c2ccccc2)c(C)c1CNC(=O)CS(=O)(=O)Cc1ccc(C#N)cc1. The van der Waals surface area contributed by atoms with Crippen molar-refractivity contribution in [3.05, 3.63) is 82.7 Å². The molecule has 30 heavy (non-hydrogen) atoms. The van der Waals surface area contributed by atoms with Gasteiger partial charge < -0.3 is 5.32 Å². The van der Waals surface area contributed by atoms with Gasteiger partial charge in [-0.1, -0.05) is 30.3 Å². The second kappa shape index (κ2) is 8.93. The first-order valence-corrected chi connectivity index (χ1v) is 11.2. The maximum atomic E-state index is 12.4. The Morgan fingerprint density at radius 3 is 2.40 bits per heavy atom. The van der Waals surface area contributed by atoms with Crippen LogP contribution in [0, 0.1) is 25.2 Å². The maximum absolute atomic E-state index is 12.4. The summed E-state index contributed by atoms with van der Waals surface area (Å²) < 4.78 is 26.5. The lowest BCUT2D eigenvalue weighted by molar-refractivity contribution is -0.118. The van der Waals surface area contributed by atoms with Gasteiger partial charge in [0.05, 0.1) is 28.8 Å². The summed E-state index contributed by atoms with van der Waals surface area (Å²) in [4.78, 5) is 12.3. The van der Waals surface area contributed by atoms with Crippen LogP contribution >= 0.6 is 0 Å². The Hall–Kier alpha value is -3.44. The van der Waals surface area contributed by atoms with E-state index >= 15 is 0 Å². The van der Waals surface area contributed by atoms with Crippen LogP contribution in [0.1, 0.15) is 28.1 Å². The molecule has 0 spiro atoms. The van der Waals surface area contributed by atoms with Crippen LogP contribution in [0.15, 0.2) is 54.6 Å². The molecule has 0 fully saturated rings. The molecule has 0 bridgehead atoms. The van der Waals surface area contributed by atoms with Crippen molar-refractivity contribution in [2.24, 2.45) is 0 Å². The fourth-order valence-corrected chi connectivity index (χ4v) is 4.47. The van der Waals surface area contributed by atoms with Gasteiger partial charge in [0.15, 0.2) is 9.84 Å². The van der Waals surface area contributed by atoms with Crippen LogP contribution in [0.25, 0.3) is 5.69 Å². The molecule has 3 aromatic rings. The summed E-state index contributed by atoms with van der Waals surface area (Å²) in [5.74, 6) is -1.41. The molecule has 3 rings (SSSR count). The highest BCUT2D eigenvalue weighted by molar-refractivity contribution is 7.91. The molecule has 0 aliphatic rings. The summed E-state index contributed by atoms with van der Waals surface area (Å²) >= 11 is 0. The molecular weight excluding hydrogens is 400 g/mol. The molecular formula is C22H22N4O3S. The molecule has 0 saturated heterocycles. The molecule has 2 aromatic carbocycles. The van der Waals surface area contributed by atoms with Crippen molar-refractivity contribution in [1.29, 1.82) is 5.26 Å². The molecule has 154 valence electrons. The van der Waals surface area contributed by atoms with Crippen molar-refractivity contribution < 1.29 is 13.2 Å². The molecule has 0 aliphatic carbocycles. The van der Waals surface area contributed by atoms with E-state index in [9.17, 15) is 13.2 Å². The molecule has 1 amide bonds. The van der Waals surface area contributed by atoms with Gasteiger partial charge in [0.1, 0.15) is 5.75 Å². The summed E-state index contributed by atoms with van der Waals surface area (Å²) in [5.41, 5.74) is 4.43. The van der Waals surface area contributed by atoms with Crippen molar-refractivity contribution in [1.82, 2.24) is 15.1 Å². The van der Waals surface area contributed by atoms with E-state index in [1.807, 2.05) is 50.2 Å².